The van der Waals surface area contributed by atoms with Crippen LogP contribution in [0.2, 0.25) is 0 Å². The van der Waals surface area contributed by atoms with Gasteiger partial charge in [0.1, 0.15) is 6.10 Å². The van der Waals surface area contributed by atoms with E-state index in [2.05, 4.69) is 6.58 Å². The highest BCUT2D eigenvalue weighted by Gasteiger charge is 2.43. The van der Waals surface area contributed by atoms with Gasteiger partial charge in [-0.1, -0.05) is 6.08 Å². The Kier molecular flexibility index (Phi) is 1.94. The van der Waals surface area contributed by atoms with Crippen molar-refractivity contribution in [3.63, 3.8) is 0 Å². The molecule has 0 bridgehead atoms. The Morgan fingerprint density at radius 2 is 2.18 bits per heavy atom. The predicted molar refractivity (Wildman–Crippen MR) is 38.2 cm³/mol. The lowest BCUT2D eigenvalue weighted by atomic mass is 9.84. The molecule has 0 spiro atoms. The molecular formula is C8H8N2O. The molecule has 1 unspecified atom stereocenters. The molecule has 0 N–H and O–H groups in total. The minimum absolute atomic E-state index is 0.419. The Morgan fingerprint density at radius 3 is 2.55 bits per heavy atom. The van der Waals surface area contributed by atoms with Crippen LogP contribution in [0.15, 0.2) is 12.7 Å². The van der Waals surface area contributed by atoms with Crippen molar-refractivity contribution in [1.82, 2.24) is 0 Å². The van der Waals surface area contributed by atoms with Crippen molar-refractivity contribution in [3.05, 3.63) is 12.7 Å². The molecule has 1 heterocycles. The molecule has 1 aliphatic heterocycles. The number of hydrogen-bond acceptors (Lipinski definition) is 3. The smallest absolute Gasteiger partial charge is 0.175 e. The van der Waals surface area contributed by atoms with E-state index >= 15 is 0 Å². The number of nitrogens with zero attached hydrogens (tertiary/aromatic N) is 2. The fourth-order valence-corrected chi connectivity index (χ4v) is 1.16. The number of nitriles is 2. The zero-order valence-corrected chi connectivity index (χ0v) is 6.08. The van der Waals surface area contributed by atoms with Gasteiger partial charge in [0, 0.05) is 6.42 Å². The van der Waals surface area contributed by atoms with Gasteiger partial charge >= 0.3 is 0 Å². The average molecular weight is 148 g/mol. The standard InChI is InChI=1S/C8H8N2O/c1-2-7-8(5-9,6-10)3-4-11-7/h2,7H,1,3-4H2. The molecular weight excluding hydrogens is 140 g/mol. The summed E-state index contributed by atoms with van der Waals surface area (Å²) in [6.07, 6.45) is 1.58. The molecule has 1 aliphatic rings. The summed E-state index contributed by atoms with van der Waals surface area (Å²) in [4.78, 5) is 0. The second kappa shape index (κ2) is 2.74. The van der Waals surface area contributed by atoms with Crippen molar-refractivity contribution in [3.8, 4) is 12.1 Å². The van der Waals surface area contributed by atoms with Crippen molar-refractivity contribution < 1.29 is 4.74 Å². The number of rotatable bonds is 1. The van der Waals surface area contributed by atoms with Gasteiger partial charge < -0.3 is 4.74 Å². The molecule has 1 rings (SSSR count). The van der Waals surface area contributed by atoms with Crippen molar-refractivity contribution in [2.45, 2.75) is 12.5 Å². The van der Waals surface area contributed by atoms with Crippen molar-refractivity contribution in [2.75, 3.05) is 6.61 Å². The first-order valence-corrected chi connectivity index (χ1v) is 3.36. The largest absolute Gasteiger partial charge is 0.371 e. The zero-order chi connectivity index (χ0) is 8.32. The fourth-order valence-electron chi connectivity index (χ4n) is 1.16. The lowest BCUT2D eigenvalue weighted by Gasteiger charge is -2.14. The van der Waals surface area contributed by atoms with Crippen LogP contribution in [0.1, 0.15) is 6.42 Å². The van der Waals surface area contributed by atoms with Gasteiger partial charge in [-0.15, -0.1) is 6.58 Å². The monoisotopic (exact) mass is 148 g/mol. The Hall–Kier alpha value is -1.32. The third kappa shape index (κ3) is 1.00. The molecule has 1 saturated heterocycles. The summed E-state index contributed by atoms with van der Waals surface area (Å²) in [7, 11) is 0. The minimum Gasteiger partial charge on any atom is -0.371 e. The van der Waals surface area contributed by atoms with E-state index in [1.807, 2.05) is 12.1 Å². The third-order valence-corrected chi connectivity index (χ3v) is 1.89. The van der Waals surface area contributed by atoms with Gasteiger partial charge in [0.2, 0.25) is 0 Å². The van der Waals surface area contributed by atoms with E-state index < -0.39 is 11.5 Å². The SMILES string of the molecule is C=CC1OCCC1(C#N)C#N. The van der Waals surface area contributed by atoms with Crippen LogP contribution in [0.25, 0.3) is 0 Å². The Bertz CT molecular complexity index is 232. The van der Waals surface area contributed by atoms with Gasteiger partial charge in [-0.05, 0) is 0 Å². The minimum atomic E-state index is -0.984. The van der Waals surface area contributed by atoms with Crippen LogP contribution in [0.4, 0.5) is 0 Å². The maximum atomic E-state index is 8.72. The van der Waals surface area contributed by atoms with Gasteiger partial charge in [-0.3, -0.25) is 0 Å². The second-order valence-corrected chi connectivity index (χ2v) is 2.47. The maximum Gasteiger partial charge on any atom is 0.175 e. The van der Waals surface area contributed by atoms with Crippen LogP contribution < -0.4 is 0 Å². The van der Waals surface area contributed by atoms with Gasteiger partial charge in [0.05, 0.1) is 18.7 Å². The highest BCUT2D eigenvalue weighted by molar-refractivity contribution is 5.22. The highest BCUT2D eigenvalue weighted by Crippen LogP contribution is 2.33. The first-order chi connectivity index (χ1) is 5.29. The lowest BCUT2D eigenvalue weighted by molar-refractivity contribution is 0.124. The van der Waals surface area contributed by atoms with Crippen LogP contribution in [0, 0.1) is 28.1 Å². The third-order valence-electron chi connectivity index (χ3n) is 1.89. The van der Waals surface area contributed by atoms with Crippen LogP contribution in [-0.2, 0) is 4.74 Å². The maximum absolute atomic E-state index is 8.72. The summed E-state index contributed by atoms with van der Waals surface area (Å²) >= 11 is 0. The molecule has 3 heteroatoms. The van der Waals surface area contributed by atoms with Crippen molar-refractivity contribution >= 4 is 0 Å². The van der Waals surface area contributed by atoms with E-state index in [9.17, 15) is 0 Å². The molecule has 0 aromatic carbocycles. The summed E-state index contributed by atoms with van der Waals surface area (Å²) in [6.45, 7) is 3.98. The normalized spacial score (nSPS) is 26.9. The van der Waals surface area contributed by atoms with E-state index in [0.29, 0.717) is 13.0 Å². The number of ether oxygens (including phenoxy) is 1. The van der Waals surface area contributed by atoms with Crippen LogP contribution in [0.3, 0.4) is 0 Å². The lowest BCUT2D eigenvalue weighted by Crippen LogP contribution is -2.25. The van der Waals surface area contributed by atoms with Crippen LogP contribution in [0.5, 0.6) is 0 Å². The van der Waals surface area contributed by atoms with Crippen LogP contribution in [-0.4, -0.2) is 12.7 Å². The fraction of sp³-hybridized carbons (Fsp3) is 0.500. The van der Waals surface area contributed by atoms with E-state index in [-0.39, 0.29) is 0 Å². The summed E-state index contributed by atoms with van der Waals surface area (Å²) in [5.41, 5.74) is -0.984. The first-order valence-electron chi connectivity index (χ1n) is 3.36. The highest BCUT2D eigenvalue weighted by atomic mass is 16.5. The van der Waals surface area contributed by atoms with Gasteiger partial charge in [-0.25, -0.2) is 0 Å². The Morgan fingerprint density at radius 1 is 1.55 bits per heavy atom. The first kappa shape index (κ1) is 7.78. The molecule has 3 nitrogen and oxygen atoms in total. The molecule has 0 radical (unpaired) electrons. The van der Waals surface area contributed by atoms with E-state index in [0.717, 1.165) is 0 Å². The predicted octanol–water partition coefficient (Wildman–Crippen LogP) is 0.995. The Labute approximate surface area is 65.5 Å². The second-order valence-electron chi connectivity index (χ2n) is 2.47. The summed E-state index contributed by atoms with van der Waals surface area (Å²) in [5.74, 6) is 0. The molecule has 0 aromatic heterocycles. The zero-order valence-electron chi connectivity index (χ0n) is 6.08. The molecule has 0 saturated carbocycles. The topological polar surface area (TPSA) is 56.8 Å². The summed E-state index contributed by atoms with van der Waals surface area (Å²) in [6, 6.07) is 3.94. The van der Waals surface area contributed by atoms with E-state index in [4.69, 9.17) is 15.3 Å². The quantitative estimate of drug-likeness (QED) is 0.521. The molecule has 1 fully saturated rings. The van der Waals surface area contributed by atoms with Gasteiger partial charge in [0.15, 0.2) is 5.41 Å². The average Bonchev–Trinajstić information content (AvgIpc) is 2.47. The molecule has 1 atom stereocenters. The van der Waals surface area contributed by atoms with Crippen molar-refractivity contribution in [2.24, 2.45) is 5.41 Å². The summed E-state index contributed by atoms with van der Waals surface area (Å²) in [5, 5.41) is 17.4. The van der Waals surface area contributed by atoms with Crippen molar-refractivity contribution in [1.29, 1.82) is 10.5 Å². The Balaban J connectivity index is 2.93. The molecule has 0 amide bonds. The molecule has 0 aliphatic carbocycles. The molecule has 56 valence electrons. The van der Waals surface area contributed by atoms with E-state index in [1.54, 1.807) is 0 Å². The van der Waals surface area contributed by atoms with Gasteiger partial charge in [0.25, 0.3) is 0 Å². The molecule has 11 heavy (non-hydrogen) atoms. The number of hydrogen-bond donors (Lipinski definition) is 0. The molecule has 0 aromatic rings. The van der Waals surface area contributed by atoms with Gasteiger partial charge in [-0.2, -0.15) is 10.5 Å². The summed E-state index contributed by atoms with van der Waals surface area (Å²) < 4.78 is 5.14. The van der Waals surface area contributed by atoms with Crippen LogP contribution >= 0.6 is 0 Å². The van der Waals surface area contributed by atoms with E-state index in [1.165, 1.54) is 6.08 Å².